The largest absolute Gasteiger partial charge is 0.354 e. The first-order valence-electron chi connectivity index (χ1n) is 10.0. The molecule has 1 N–H and O–H groups in total. The first-order valence-corrected chi connectivity index (χ1v) is 10.0. The maximum atomic E-state index is 12.5. The highest BCUT2D eigenvalue weighted by molar-refractivity contribution is 5.84. The molecular weight excluding hydrogens is 342 g/mol. The van der Waals surface area contributed by atoms with Crippen LogP contribution >= 0.6 is 0 Å². The smallest absolute Gasteiger partial charge is 0.224 e. The molecular formula is C21H29N3O3. The zero-order valence-electron chi connectivity index (χ0n) is 15.9. The Bertz CT molecular complexity index is 662. The average Bonchev–Trinajstić information content (AvgIpc) is 2.69. The lowest BCUT2D eigenvalue weighted by Crippen LogP contribution is -2.48. The molecule has 3 amide bonds. The number of amides is 3. The van der Waals surface area contributed by atoms with Gasteiger partial charge in [0.05, 0.1) is 5.92 Å². The van der Waals surface area contributed by atoms with E-state index in [1.807, 2.05) is 28.0 Å². The van der Waals surface area contributed by atoms with Gasteiger partial charge in [-0.2, -0.15) is 0 Å². The Morgan fingerprint density at radius 3 is 2.56 bits per heavy atom. The van der Waals surface area contributed by atoms with Crippen LogP contribution in [0.3, 0.4) is 0 Å². The van der Waals surface area contributed by atoms with Gasteiger partial charge < -0.3 is 15.1 Å². The van der Waals surface area contributed by atoms with Crippen LogP contribution in [0, 0.1) is 5.92 Å². The van der Waals surface area contributed by atoms with E-state index in [0.29, 0.717) is 45.4 Å². The van der Waals surface area contributed by atoms with Crippen molar-refractivity contribution in [3.8, 4) is 0 Å². The summed E-state index contributed by atoms with van der Waals surface area (Å²) < 4.78 is 0. The molecule has 0 radical (unpaired) electrons. The summed E-state index contributed by atoms with van der Waals surface area (Å²) in [4.78, 5) is 40.1. The van der Waals surface area contributed by atoms with Crippen LogP contribution < -0.4 is 5.32 Å². The SMILES string of the molecule is O=C(NCCN1CCCCC1=O)[C@@H]1CCC(=O)N(CCc2ccccc2)C1. The summed E-state index contributed by atoms with van der Waals surface area (Å²) in [6.07, 6.45) is 4.47. The molecule has 146 valence electrons. The van der Waals surface area contributed by atoms with Crippen LogP contribution in [0.1, 0.15) is 37.7 Å². The number of piperidine rings is 2. The van der Waals surface area contributed by atoms with Gasteiger partial charge in [-0.25, -0.2) is 0 Å². The van der Waals surface area contributed by atoms with Crippen molar-refractivity contribution in [2.75, 3.05) is 32.7 Å². The first kappa shape index (κ1) is 19.4. The number of hydrogen-bond acceptors (Lipinski definition) is 3. The summed E-state index contributed by atoms with van der Waals surface area (Å²) >= 11 is 0. The lowest BCUT2D eigenvalue weighted by Gasteiger charge is -2.32. The Hall–Kier alpha value is -2.37. The van der Waals surface area contributed by atoms with Crippen molar-refractivity contribution >= 4 is 17.7 Å². The molecule has 27 heavy (non-hydrogen) atoms. The predicted octanol–water partition coefficient (Wildman–Crippen LogP) is 1.60. The van der Waals surface area contributed by atoms with Crippen LogP contribution in [0.25, 0.3) is 0 Å². The summed E-state index contributed by atoms with van der Waals surface area (Å²) in [5.41, 5.74) is 1.20. The maximum absolute atomic E-state index is 12.5. The van der Waals surface area contributed by atoms with Gasteiger partial charge in [0.25, 0.3) is 0 Å². The Kier molecular flexibility index (Phi) is 6.85. The lowest BCUT2D eigenvalue weighted by atomic mass is 9.96. The predicted molar refractivity (Wildman–Crippen MR) is 103 cm³/mol. The Labute approximate surface area is 160 Å². The lowest BCUT2D eigenvalue weighted by molar-refractivity contribution is -0.139. The molecule has 0 spiro atoms. The third-order valence-corrected chi connectivity index (χ3v) is 5.49. The van der Waals surface area contributed by atoms with E-state index < -0.39 is 0 Å². The van der Waals surface area contributed by atoms with Gasteiger partial charge in [0.1, 0.15) is 0 Å². The van der Waals surface area contributed by atoms with E-state index in [9.17, 15) is 14.4 Å². The molecule has 0 aromatic heterocycles. The molecule has 2 aliphatic rings. The fourth-order valence-corrected chi connectivity index (χ4v) is 3.81. The van der Waals surface area contributed by atoms with E-state index in [1.165, 1.54) is 5.56 Å². The van der Waals surface area contributed by atoms with Crippen LogP contribution in [-0.2, 0) is 20.8 Å². The molecule has 2 fully saturated rings. The normalized spacial score (nSPS) is 20.7. The van der Waals surface area contributed by atoms with E-state index in [1.54, 1.807) is 0 Å². The quantitative estimate of drug-likeness (QED) is 0.791. The van der Waals surface area contributed by atoms with E-state index in [-0.39, 0.29) is 23.6 Å². The zero-order valence-corrected chi connectivity index (χ0v) is 15.9. The summed E-state index contributed by atoms with van der Waals surface area (Å²) in [6.45, 7) is 2.99. The van der Waals surface area contributed by atoms with Crippen molar-refractivity contribution in [2.24, 2.45) is 5.92 Å². The van der Waals surface area contributed by atoms with Gasteiger partial charge in [-0.1, -0.05) is 30.3 Å². The second kappa shape index (κ2) is 9.53. The van der Waals surface area contributed by atoms with Gasteiger partial charge >= 0.3 is 0 Å². The first-order chi connectivity index (χ1) is 13.1. The molecule has 6 heteroatoms. The summed E-state index contributed by atoms with van der Waals surface area (Å²) in [5, 5.41) is 2.96. The number of carbonyl (C=O) groups is 3. The van der Waals surface area contributed by atoms with Crippen molar-refractivity contribution in [3.63, 3.8) is 0 Å². The van der Waals surface area contributed by atoms with Crippen LogP contribution in [0.2, 0.25) is 0 Å². The third-order valence-electron chi connectivity index (χ3n) is 5.49. The number of rotatable bonds is 7. The fraction of sp³-hybridized carbons (Fsp3) is 0.571. The van der Waals surface area contributed by atoms with Crippen molar-refractivity contribution in [2.45, 2.75) is 38.5 Å². The zero-order chi connectivity index (χ0) is 19.1. The number of nitrogens with zero attached hydrogens (tertiary/aromatic N) is 2. The Morgan fingerprint density at radius 1 is 1.00 bits per heavy atom. The standard InChI is InChI=1S/C21H29N3O3/c25-19-8-4-5-13-23(19)15-12-22-21(27)18-9-10-20(26)24(16-18)14-11-17-6-2-1-3-7-17/h1-3,6-7,18H,4-5,8-16H2,(H,22,27)/t18-/m1/s1. The van der Waals surface area contributed by atoms with Crippen molar-refractivity contribution in [3.05, 3.63) is 35.9 Å². The highest BCUT2D eigenvalue weighted by Crippen LogP contribution is 2.18. The number of hydrogen-bond donors (Lipinski definition) is 1. The van der Waals surface area contributed by atoms with E-state index in [0.717, 1.165) is 25.8 Å². The molecule has 0 bridgehead atoms. The minimum absolute atomic E-state index is 0.00308. The monoisotopic (exact) mass is 371 g/mol. The number of carbonyl (C=O) groups excluding carboxylic acids is 3. The van der Waals surface area contributed by atoms with Gasteiger partial charge in [-0.3, -0.25) is 14.4 Å². The molecule has 6 nitrogen and oxygen atoms in total. The molecule has 1 atom stereocenters. The molecule has 0 aliphatic carbocycles. The van der Waals surface area contributed by atoms with E-state index >= 15 is 0 Å². The van der Waals surface area contributed by atoms with Crippen LogP contribution in [0.4, 0.5) is 0 Å². The number of nitrogens with one attached hydrogen (secondary N) is 1. The summed E-state index contributed by atoms with van der Waals surface area (Å²) in [6, 6.07) is 10.1. The molecule has 2 saturated heterocycles. The molecule has 2 aliphatic heterocycles. The van der Waals surface area contributed by atoms with Gasteiger partial charge in [0.15, 0.2) is 0 Å². The van der Waals surface area contributed by atoms with E-state index in [2.05, 4.69) is 17.4 Å². The second-order valence-electron chi connectivity index (χ2n) is 7.44. The van der Waals surface area contributed by atoms with Gasteiger partial charge in [0, 0.05) is 45.6 Å². The Morgan fingerprint density at radius 2 is 1.78 bits per heavy atom. The highest BCUT2D eigenvalue weighted by Gasteiger charge is 2.30. The average molecular weight is 371 g/mol. The third kappa shape index (κ3) is 5.55. The summed E-state index contributed by atoms with van der Waals surface area (Å²) in [7, 11) is 0. The molecule has 3 rings (SSSR count). The van der Waals surface area contributed by atoms with Crippen molar-refractivity contribution < 1.29 is 14.4 Å². The fourth-order valence-electron chi connectivity index (χ4n) is 3.81. The van der Waals surface area contributed by atoms with Crippen LogP contribution in [0.5, 0.6) is 0 Å². The van der Waals surface area contributed by atoms with Gasteiger partial charge in [0.2, 0.25) is 17.7 Å². The molecule has 0 saturated carbocycles. The highest BCUT2D eigenvalue weighted by atomic mass is 16.2. The minimum Gasteiger partial charge on any atom is -0.354 e. The van der Waals surface area contributed by atoms with Crippen LogP contribution in [0.15, 0.2) is 30.3 Å². The topological polar surface area (TPSA) is 69.7 Å². The minimum atomic E-state index is -0.157. The Balaban J connectivity index is 1.42. The van der Waals surface area contributed by atoms with Crippen molar-refractivity contribution in [1.29, 1.82) is 0 Å². The van der Waals surface area contributed by atoms with Gasteiger partial charge in [-0.05, 0) is 31.2 Å². The second-order valence-corrected chi connectivity index (χ2v) is 7.44. The molecule has 1 aromatic rings. The molecule has 1 aromatic carbocycles. The number of benzene rings is 1. The molecule has 0 unspecified atom stereocenters. The number of likely N-dealkylation sites (tertiary alicyclic amines) is 2. The van der Waals surface area contributed by atoms with Gasteiger partial charge in [-0.15, -0.1) is 0 Å². The van der Waals surface area contributed by atoms with E-state index in [4.69, 9.17) is 0 Å². The van der Waals surface area contributed by atoms with Crippen LogP contribution in [-0.4, -0.2) is 60.2 Å². The van der Waals surface area contributed by atoms with Crippen molar-refractivity contribution in [1.82, 2.24) is 15.1 Å². The molecule has 2 heterocycles. The summed E-state index contributed by atoms with van der Waals surface area (Å²) in [5.74, 6) is 0.159. The maximum Gasteiger partial charge on any atom is 0.224 e.